The van der Waals surface area contributed by atoms with Crippen LogP contribution >= 0.6 is 0 Å². The molecule has 0 spiro atoms. The van der Waals surface area contributed by atoms with Crippen LogP contribution in [0.3, 0.4) is 0 Å². The molecule has 0 saturated heterocycles. The topological polar surface area (TPSA) is 81.5 Å². The van der Waals surface area contributed by atoms with Crippen LogP contribution in [0.25, 0.3) is 0 Å². The van der Waals surface area contributed by atoms with Gasteiger partial charge in [0.05, 0.1) is 18.4 Å². The highest BCUT2D eigenvalue weighted by Crippen LogP contribution is 2.03. The third-order valence-corrected chi connectivity index (χ3v) is 1.85. The Morgan fingerprint density at radius 2 is 2.13 bits per heavy atom. The van der Waals surface area contributed by atoms with Gasteiger partial charge in [0.25, 0.3) is 0 Å². The van der Waals surface area contributed by atoms with Crippen molar-refractivity contribution in [2.75, 3.05) is 6.54 Å². The van der Waals surface area contributed by atoms with Crippen molar-refractivity contribution in [1.29, 1.82) is 0 Å². The summed E-state index contributed by atoms with van der Waals surface area (Å²) in [4.78, 5) is 14.5. The average Bonchev–Trinajstić information content (AvgIpc) is 2.14. The van der Waals surface area contributed by atoms with Gasteiger partial charge in [-0.25, -0.2) is 4.39 Å². The Hall–Kier alpha value is -1.23. The number of halogens is 1. The fourth-order valence-corrected chi connectivity index (χ4v) is 0.888. The van der Waals surface area contributed by atoms with E-state index in [4.69, 9.17) is 11.5 Å². The number of hydrogen-bond donors (Lipinski definition) is 2. The zero-order valence-corrected chi connectivity index (χ0v) is 9.16. The molecule has 0 aliphatic rings. The maximum Gasteiger partial charge on any atom is 0.146 e. The van der Waals surface area contributed by atoms with E-state index in [1.807, 2.05) is 0 Å². The summed E-state index contributed by atoms with van der Waals surface area (Å²) in [7, 11) is 0. The van der Waals surface area contributed by atoms with Gasteiger partial charge in [-0.2, -0.15) is 0 Å². The molecule has 4 nitrogen and oxygen atoms in total. The lowest BCUT2D eigenvalue weighted by Gasteiger charge is -2.04. The zero-order valence-electron chi connectivity index (χ0n) is 9.16. The summed E-state index contributed by atoms with van der Waals surface area (Å²) >= 11 is 0. The summed E-state index contributed by atoms with van der Waals surface area (Å²) in [6.45, 7) is 2.98. The summed E-state index contributed by atoms with van der Waals surface area (Å²) in [5.74, 6) is -0.0887. The standard InChI is InChI=1S/C10H18FN3O/c1-7(15)10(13)5-3-4-9(11)6-14-8(2)12/h4,10H,3,5-6,13H2,1-2H3,(H2,12,14)/t10-/m0/s1. The molecular formula is C10H18FN3O. The average molecular weight is 215 g/mol. The highest BCUT2D eigenvalue weighted by Gasteiger charge is 2.06. The maximum absolute atomic E-state index is 13.0. The summed E-state index contributed by atoms with van der Waals surface area (Å²) in [5.41, 5.74) is 10.7. The predicted molar refractivity (Wildman–Crippen MR) is 59.2 cm³/mol. The molecule has 0 saturated carbocycles. The predicted octanol–water partition coefficient (Wildman–Crippen LogP) is 0.913. The first-order chi connectivity index (χ1) is 6.93. The lowest BCUT2D eigenvalue weighted by atomic mass is 10.1. The van der Waals surface area contributed by atoms with Crippen LogP contribution in [0.2, 0.25) is 0 Å². The third-order valence-electron chi connectivity index (χ3n) is 1.85. The number of aliphatic imine (C=N–C) groups is 1. The van der Waals surface area contributed by atoms with Crippen LogP contribution in [-0.4, -0.2) is 24.2 Å². The number of allylic oxidation sites excluding steroid dienone is 1. The van der Waals surface area contributed by atoms with Crippen LogP contribution in [0.4, 0.5) is 4.39 Å². The first-order valence-electron chi connectivity index (χ1n) is 4.80. The molecule has 0 heterocycles. The van der Waals surface area contributed by atoms with Gasteiger partial charge in [0, 0.05) is 0 Å². The molecule has 0 bridgehead atoms. The minimum absolute atomic E-state index is 0.0440. The molecule has 0 rings (SSSR count). The van der Waals surface area contributed by atoms with E-state index in [0.29, 0.717) is 18.7 Å². The summed E-state index contributed by atoms with van der Waals surface area (Å²) in [6, 6.07) is -0.506. The van der Waals surface area contributed by atoms with Gasteiger partial charge < -0.3 is 11.5 Å². The van der Waals surface area contributed by atoms with Crippen molar-refractivity contribution in [1.82, 2.24) is 0 Å². The van der Waals surface area contributed by atoms with Gasteiger partial charge in [-0.1, -0.05) is 6.08 Å². The van der Waals surface area contributed by atoms with Crippen LogP contribution in [0.1, 0.15) is 26.7 Å². The molecule has 0 unspecified atom stereocenters. The van der Waals surface area contributed by atoms with Crippen molar-refractivity contribution in [3.05, 3.63) is 11.9 Å². The van der Waals surface area contributed by atoms with Crippen molar-refractivity contribution in [2.45, 2.75) is 32.7 Å². The van der Waals surface area contributed by atoms with Crippen molar-refractivity contribution >= 4 is 11.6 Å². The number of hydrogen-bond acceptors (Lipinski definition) is 3. The molecule has 5 heteroatoms. The van der Waals surface area contributed by atoms with Gasteiger partial charge in [0.15, 0.2) is 0 Å². The minimum atomic E-state index is -0.506. The van der Waals surface area contributed by atoms with E-state index in [1.54, 1.807) is 6.92 Å². The van der Waals surface area contributed by atoms with Crippen LogP contribution in [0.5, 0.6) is 0 Å². The number of Topliss-reactive ketones (excluding diaryl/α,β-unsaturated/α-hetero) is 1. The number of carbonyl (C=O) groups is 1. The highest BCUT2D eigenvalue weighted by atomic mass is 19.1. The molecule has 15 heavy (non-hydrogen) atoms. The molecular weight excluding hydrogens is 197 g/mol. The van der Waals surface area contributed by atoms with E-state index in [9.17, 15) is 9.18 Å². The Balaban J connectivity index is 3.86. The maximum atomic E-state index is 13.0. The van der Waals surface area contributed by atoms with Crippen molar-refractivity contribution in [2.24, 2.45) is 16.5 Å². The largest absolute Gasteiger partial charge is 0.388 e. The summed E-state index contributed by atoms with van der Waals surface area (Å²) in [6.07, 6.45) is 2.27. The number of ketones is 1. The highest BCUT2D eigenvalue weighted by molar-refractivity contribution is 5.81. The van der Waals surface area contributed by atoms with E-state index >= 15 is 0 Å². The molecule has 0 aromatic heterocycles. The van der Waals surface area contributed by atoms with Gasteiger partial charge in [0.2, 0.25) is 0 Å². The molecule has 0 radical (unpaired) electrons. The van der Waals surface area contributed by atoms with Crippen molar-refractivity contribution in [3.63, 3.8) is 0 Å². The molecule has 86 valence electrons. The number of nitrogens with two attached hydrogens (primary N) is 2. The van der Waals surface area contributed by atoms with Crippen molar-refractivity contribution < 1.29 is 9.18 Å². The van der Waals surface area contributed by atoms with Gasteiger partial charge in [-0.3, -0.25) is 9.79 Å². The second-order valence-corrected chi connectivity index (χ2v) is 3.40. The first-order valence-corrected chi connectivity index (χ1v) is 4.80. The van der Waals surface area contributed by atoms with Gasteiger partial charge in [-0.05, 0) is 26.7 Å². The van der Waals surface area contributed by atoms with Crippen LogP contribution in [-0.2, 0) is 4.79 Å². The second-order valence-electron chi connectivity index (χ2n) is 3.40. The minimum Gasteiger partial charge on any atom is -0.388 e. The fourth-order valence-electron chi connectivity index (χ4n) is 0.888. The Morgan fingerprint density at radius 3 is 2.60 bits per heavy atom. The smallest absolute Gasteiger partial charge is 0.146 e. The lowest BCUT2D eigenvalue weighted by molar-refractivity contribution is -0.118. The van der Waals surface area contributed by atoms with E-state index in [0.717, 1.165) is 0 Å². The molecule has 0 fully saturated rings. The quantitative estimate of drug-likeness (QED) is 0.510. The lowest BCUT2D eigenvalue weighted by Crippen LogP contribution is -2.27. The number of amidine groups is 1. The SMILES string of the molecule is CC(=O)[C@@H](N)CCC=C(F)CN=C(C)N. The van der Waals surface area contributed by atoms with Gasteiger partial charge in [0.1, 0.15) is 11.6 Å². The normalized spacial score (nSPS) is 15.2. The Kier molecular flexibility index (Phi) is 6.53. The molecule has 0 aromatic carbocycles. The second kappa shape index (κ2) is 7.11. The van der Waals surface area contributed by atoms with Crippen LogP contribution in [0, 0.1) is 0 Å². The number of rotatable bonds is 6. The summed E-state index contributed by atoms with van der Waals surface area (Å²) in [5, 5.41) is 0. The zero-order chi connectivity index (χ0) is 11.8. The molecule has 4 N–H and O–H groups in total. The Morgan fingerprint density at radius 1 is 1.53 bits per heavy atom. The molecule has 0 aromatic rings. The molecule has 0 aliphatic carbocycles. The van der Waals surface area contributed by atoms with Gasteiger partial charge in [-0.15, -0.1) is 0 Å². The number of nitrogens with zero attached hydrogens (tertiary/aromatic N) is 1. The fraction of sp³-hybridized carbons (Fsp3) is 0.600. The van der Waals surface area contributed by atoms with E-state index in [2.05, 4.69) is 4.99 Å². The molecule has 0 aliphatic heterocycles. The van der Waals surface area contributed by atoms with Crippen molar-refractivity contribution in [3.8, 4) is 0 Å². The Bertz CT molecular complexity index is 270. The van der Waals surface area contributed by atoms with E-state index in [1.165, 1.54) is 13.0 Å². The van der Waals surface area contributed by atoms with E-state index in [-0.39, 0.29) is 18.2 Å². The Labute approximate surface area is 89.2 Å². The molecule has 1 atom stereocenters. The third kappa shape index (κ3) is 7.81. The van der Waals surface area contributed by atoms with E-state index < -0.39 is 6.04 Å². The summed E-state index contributed by atoms with van der Waals surface area (Å²) < 4.78 is 13.0. The monoisotopic (exact) mass is 215 g/mol. The molecule has 0 amide bonds. The van der Waals surface area contributed by atoms with Gasteiger partial charge >= 0.3 is 0 Å². The number of carbonyl (C=O) groups excluding carboxylic acids is 1. The first kappa shape index (κ1) is 13.8. The van der Waals surface area contributed by atoms with Crippen LogP contribution < -0.4 is 11.5 Å². The van der Waals surface area contributed by atoms with Crippen LogP contribution in [0.15, 0.2) is 16.9 Å².